The number of carbonyl (C=O) groups is 1. The molecule has 3 nitrogen and oxygen atoms in total. The fraction of sp³-hybridized carbons (Fsp3) is 0.350. The van der Waals surface area contributed by atoms with Crippen LogP contribution in [-0.2, 0) is 11.3 Å². The first-order valence-electron chi connectivity index (χ1n) is 8.56. The van der Waals surface area contributed by atoms with E-state index in [-0.39, 0.29) is 11.8 Å². The van der Waals surface area contributed by atoms with Crippen molar-refractivity contribution >= 4 is 39.3 Å². The lowest BCUT2D eigenvalue weighted by Gasteiger charge is -2.31. The van der Waals surface area contributed by atoms with Crippen molar-refractivity contribution in [3.8, 4) is 0 Å². The predicted octanol–water partition coefficient (Wildman–Crippen LogP) is 5.02. The molecule has 132 valence electrons. The molecule has 1 amide bonds. The molecule has 0 saturated carbocycles. The van der Waals surface area contributed by atoms with Gasteiger partial charge in [-0.15, -0.1) is 11.8 Å². The standard InChI is InChI=1S/C20H23BrN2OS/c1-25-19-5-3-2-4-18(19)22-20(24)16-10-12-23(13-11-16)14-15-6-8-17(21)9-7-15/h2-9,16H,10-14H2,1H3,(H,22,24). The number of thioether (sulfide) groups is 1. The normalized spacial score (nSPS) is 15.9. The maximum atomic E-state index is 12.6. The number of hydrogen-bond acceptors (Lipinski definition) is 3. The summed E-state index contributed by atoms with van der Waals surface area (Å²) in [5, 5.41) is 3.12. The van der Waals surface area contributed by atoms with E-state index in [2.05, 4.69) is 50.4 Å². The van der Waals surface area contributed by atoms with Gasteiger partial charge in [0.2, 0.25) is 5.91 Å². The van der Waals surface area contributed by atoms with Crippen LogP contribution in [0, 0.1) is 5.92 Å². The minimum Gasteiger partial charge on any atom is -0.325 e. The number of para-hydroxylation sites is 1. The summed E-state index contributed by atoms with van der Waals surface area (Å²) in [6.45, 7) is 2.90. The Bertz CT molecular complexity index is 712. The number of benzene rings is 2. The lowest BCUT2D eigenvalue weighted by atomic mass is 9.95. The summed E-state index contributed by atoms with van der Waals surface area (Å²) in [6.07, 6.45) is 3.87. The number of piperidine rings is 1. The number of nitrogens with zero attached hydrogens (tertiary/aromatic N) is 1. The maximum absolute atomic E-state index is 12.6. The smallest absolute Gasteiger partial charge is 0.227 e. The first-order chi connectivity index (χ1) is 12.2. The summed E-state index contributed by atoms with van der Waals surface area (Å²) in [6, 6.07) is 16.5. The van der Waals surface area contributed by atoms with Gasteiger partial charge < -0.3 is 5.32 Å². The van der Waals surface area contributed by atoms with Crippen LogP contribution in [0.5, 0.6) is 0 Å². The largest absolute Gasteiger partial charge is 0.325 e. The number of anilines is 1. The van der Waals surface area contributed by atoms with Gasteiger partial charge in [0.15, 0.2) is 0 Å². The van der Waals surface area contributed by atoms with Crippen LogP contribution in [0.3, 0.4) is 0 Å². The fourth-order valence-corrected chi connectivity index (χ4v) is 4.00. The zero-order chi connectivity index (χ0) is 17.6. The number of likely N-dealkylation sites (tertiary alicyclic amines) is 1. The minimum absolute atomic E-state index is 0.107. The van der Waals surface area contributed by atoms with E-state index in [1.807, 2.05) is 30.5 Å². The molecule has 0 bridgehead atoms. The van der Waals surface area contributed by atoms with Crippen molar-refractivity contribution in [2.75, 3.05) is 24.7 Å². The molecule has 0 spiro atoms. The molecule has 0 aliphatic carbocycles. The van der Waals surface area contributed by atoms with Crippen molar-refractivity contribution in [2.45, 2.75) is 24.3 Å². The SMILES string of the molecule is CSc1ccccc1NC(=O)C1CCN(Cc2ccc(Br)cc2)CC1. The molecular weight excluding hydrogens is 396 g/mol. The summed E-state index contributed by atoms with van der Waals surface area (Å²) in [4.78, 5) is 16.1. The molecule has 0 radical (unpaired) electrons. The van der Waals surface area contributed by atoms with Crippen molar-refractivity contribution in [1.29, 1.82) is 0 Å². The third-order valence-corrected chi connectivity index (χ3v) is 5.97. The van der Waals surface area contributed by atoms with E-state index in [0.29, 0.717) is 0 Å². The maximum Gasteiger partial charge on any atom is 0.227 e. The van der Waals surface area contributed by atoms with Gasteiger partial charge in [0.25, 0.3) is 0 Å². The Morgan fingerprint density at radius 1 is 1.16 bits per heavy atom. The highest BCUT2D eigenvalue weighted by Crippen LogP contribution is 2.27. The highest BCUT2D eigenvalue weighted by molar-refractivity contribution is 9.10. The van der Waals surface area contributed by atoms with E-state index in [0.717, 1.165) is 47.5 Å². The quantitative estimate of drug-likeness (QED) is 0.691. The second-order valence-electron chi connectivity index (χ2n) is 6.37. The highest BCUT2D eigenvalue weighted by atomic mass is 79.9. The van der Waals surface area contributed by atoms with Crippen LogP contribution < -0.4 is 5.32 Å². The fourth-order valence-electron chi connectivity index (χ4n) is 3.18. The van der Waals surface area contributed by atoms with Gasteiger partial charge >= 0.3 is 0 Å². The lowest BCUT2D eigenvalue weighted by molar-refractivity contribution is -0.121. The lowest BCUT2D eigenvalue weighted by Crippen LogP contribution is -2.37. The van der Waals surface area contributed by atoms with Crippen molar-refractivity contribution < 1.29 is 4.79 Å². The summed E-state index contributed by atoms with van der Waals surface area (Å²) >= 11 is 5.13. The summed E-state index contributed by atoms with van der Waals surface area (Å²) < 4.78 is 1.11. The number of rotatable bonds is 5. The highest BCUT2D eigenvalue weighted by Gasteiger charge is 2.25. The molecule has 2 aromatic rings. The number of carbonyl (C=O) groups excluding carboxylic acids is 1. The number of halogens is 1. The average Bonchev–Trinajstić information content (AvgIpc) is 2.64. The van der Waals surface area contributed by atoms with Gasteiger partial charge in [-0.3, -0.25) is 9.69 Å². The molecule has 5 heteroatoms. The summed E-state index contributed by atoms with van der Waals surface area (Å²) in [7, 11) is 0. The second-order valence-corrected chi connectivity index (χ2v) is 8.13. The van der Waals surface area contributed by atoms with Crippen LogP contribution in [0.4, 0.5) is 5.69 Å². The first kappa shape index (κ1) is 18.5. The van der Waals surface area contributed by atoms with Crippen molar-refractivity contribution in [3.63, 3.8) is 0 Å². The third-order valence-electron chi connectivity index (χ3n) is 4.64. The van der Waals surface area contributed by atoms with Crippen molar-refractivity contribution in [1.82, 2.24) is 4.90 Å². The van der Waals surface area contributed by atoms with Gasteiger partial charge in [-0.1, -0.05) is 40.2 Å². The summed E-state index contributed by atoms with van der Waals surface area (Å²) in [5.41, 5.74) is 2.25. The first-order valence-corrected chi connectivity index (χ1v) is 10.6. The molecule has 2 aromatic carbocycles. The summed E-state index contributed by atoms with van der Waals surface area (Å²) in [5.74, 6) is 0.265. The number of amides is 1. The molecule has 1 fully saturated rings. The average molecular weight is 419 g/mol. The zero-order valence-electron chi connectivity index (χ0n) is 14.4. The van der Waals surface area contributed by atoms with Crippen LogP contribution in [0.2, 0.25) is 0 Å². The molecule has 1 aliphatic rings. The Morgan fingerprint density at radius 2 is 1.84 bits per heavy atom. The Balaban J connectivity index is 1.51. The molecule has 0 unspecified atom stereocenters. The van der Waals surface area contributed by atoms with Crippen LogP contribution >= 0.6 is 27.7 Å². The van der Waals surface area contributed by atoms with Gasteiger partial charge in [-0.25, -0.2) is 0 Å². The van der Waals surface area contributed by atoms with Gasteiger partial charge in [0.1, 0.15) is 0 Å². The number of hydrogen-bond donors (Lipinski definition) is 1. The topological polar surface area (TPSA) is 32.3 Å². The van der Waals surface area contributed by atoms with Gasteiger partial charge in [0, 0.05) is 21.8 Å². The van der Waals surface area contributed by atoms with E-state index < -0.39 is 0 Å². The molecule has 1 aliphatic heterocycles. The van der Waals surface area contributed by atoms with E-state index in [1.54, 1.807) is 11.8 Å². The Hall–Kier alpha value is -1.30. The van der Waals surface area contributed by atoms with E-state index in [4.69, 9.17) is 0 Å². The van der Waals surface area contributed by atoms with E-state index >= 15 is 0 Å². The third kappa shape index (κ3) is 5.09. The van der Waals surface area contributed by atoms with E-state index in [1.165, 1.54) is 5.56 Å². The van der Waals surface area contributed by atoms with E-state index in [9.17, 15) is 4.79 Å². The molecular formula is C20H23BrN2OS. The second kappa shape index (κ2) is 8.88. The number of nitrogens with one attached hydrogen (secondary N) is 1. The predicted molar refractivity (Wildman–Crippen MR) is 109 cm³/mol. The van der Waals surface area contributed by atoms with Gasteiger partial charge in [0.05, 0.1) is 5.69 Å². The molecule has 1 heterocycles. The van der Waals surface area contributed by atoms with Gasteiger partial charge in [-0.05, 0) is 62.0 Å². The van der Waals surface area contributed by atoms with Gasteiger partial charge in [-0.2, -0.15) is 0 Å². The van der Waals surface area contributed by atoms with Crippen LogP contribution in [-0.4, -0.2) is 30.2 Å². The van der Waals surface area contributed by atoms with Crippen LogP contribution in [0.25, 0.3) is 0 Å². The monoisotopic (exact) mass is 418 g/mol. The molecule has 1 N–H and O–H groups in total. The van der Waals surface area contributed by atoms with Crippen molar-refractivity contribution in [2.24, 2.45) is 5.92 Å². The Labute approximate surface area is 162 Å². The Morgan fingerprint density at radius 3 is 2.52 bits per heavy atom. The molecule has 25 heavy (non-hydrogen) atoms. The molecule has 0 aromatic heterocycles. The molecule has 3 rings (SSSR count). The molecule has 1 saturated heterocycles. The molecule has 0 atom stereocenters. The zero-order valence-corrected chi connectivity index (χ0v) is 16.8. The van der Waals surface area contributed by atoms with Crippen LogP contribution in [0.15, 0.2) is 57.9 Å². The van der Waals surface area contributed by atoms with Crippen molar-refractivity contribution in [3.05, 3.63) is 58.6 Å². The minimum atomic E-state index is 0.107. The Kier molecular flexibility index (Phi) is 6.57. The van der Waals surface area contributed by atoms with Crippen LogP contribution in [0.1, 0.15) is 18.4 Å².